The highest BCUT2D eigenvalue weighted by Crippen LogP contribution is 2.51. The molecule has 0 bridgehead atoms. The second kappa shape index (κ2) is 23.8. The maximum absolute atomic E-state index is 15.1. The molecule has 2 heterocycles. The van der Waals surface area contributed by atoms with Crippen molar-refractivity contribution >= 4 is 43.6 Å². The molecular formula is C71H29F27N4. The van der Waals surface area contributed by atoms with E-state index in [1.807, 2.05) is 6.07 Å². The van der Waals surface area contributed by atoms with Crippen LogP contribution in [-0.2, 0) is 55.6 Å². The summed E-state index contributed by atoms with van der Waals surface area (Å²) in [5, 5.41) is 21.7. The highest BCUT2D eigenvalue weighted by atomic mass is 19.4. The molecule has 0 radical (unpaired) electrons. The summed E-state index contributed by atoms with van der Waals surface area (Å²) in [6.07, 6.45) is -49.3. The van der Waals surface area contributed by atoms with Crippen LogP contribution in [0.4, 0.5) is 119 Å². The number of hydrogen-bond donors (Lipinski definition) is 0. The number of nitriles is 2. The Morgan fingerprint density at radius 2 is 0.461 bits per heavy atom. The van der Waals surface area contributed by atoms with Crippen molar-refractivity contribution in [2.45, 2.75) is 55.6 Å². The fourth-order valence-electron chi connectivity index (χ4n) is 12.4. The van der Waals surface area contributed by atoms with Gasteiger partial charge in [0.25, 0.3) is 0 Å². The molecule has 10 aromatic carbocycles. The largest absolute Gasteiger partial charge is 0.417 e. The minimum Gasteiger partial charge on any atom is -0.308 e. The summed E-state index contributed by atoms with van der Waals surface area (Å²) in [5.41, 5.74) is -29.4. The van der Waals surface area contributed by atoms with Gasteiger partial charge in [-0.15, -0.1) is 0 Å². The molecule has 522 valence electrons. The van der Waals surface area contributed by atoms with Crippen LogP contribution < -0.4 is 0 Å². The van der Waals surface area contributed by atoms with Crippen LogP contribution in [-0.4, -0.2) is 9.13 Å². The highest BCUT2D eigenvalue weighted by molar-refractivity contribution is 6.13. The van der Waals surface area contributed by atoms with Crippen LogP contribution in [0.2, 0.25) is 0 Å². The van der Waals surface area contributed by atoms with Crippen molar-refractivity contribution in [3.05, 3.63) is 237 Å². The topological polar surface area (TPSA) is 57.4 Å². The van der Waals surface area contributed by atoms with Crippen LogP contribution in [0.25, 0.3) is 111 Å². The lowest BCUT2D eigenvalue weighted by molar-refractivity contribution is -0.144. The van der Waals surface area contributed by atoms with E-state index >= 15 is 52.7 Å². The summed E-state index contributed by atoms with van der Waals surface area (Å²) in [4.78, 5) is 0. The van der Waals surface area contributed by atoms with E-state index in [1.165, 1.54) is 0 Å². The van der Waals surface area contributed by atoms with Gasteiger partial charge in [-0.05, 0) is 153 Å². The van der Waals surface area contributed by atoms with Gasteiger partial charge in [0.15, 0.2) is 0 Å². The van der Waals surface area contributed by atoms with E-state index in [4.69, 9.17) is 0 Å². The predicted octanol–water partition coefficient (Wildman–Crippen LogP) is 25.1. The lowest BCUT2D eigenvalue weighted by Gasteiger charge is -2.20. The number of fused-ring (bicyclic) bond motifs is 6. The zero-order chi connectivity index (χ0) is 74.5. The quantitative estimate of drug-likeness (QED) is 0.149. The third-order valence-electron chi connectivity index (χ3n) is 16.9. The van der Waals surface area contributed by atoms with Gasteiger partial charge in [-0.1, -0.05) is 78.9 Å². The molecule has 0 saturated carbocycles. The molecule has 0 aliphatic rings. The van der Waals surface area contributed by atoms with Crippen LogP contribution in [0.15, 0.2) is 176 Å². The smallest absolute Gasteiger partial charge is 0.308 e. The number of nitrogens with zero attached hydrogens (tertiary/aromatic N) is 4. The van der Waals surface area contributed by atoms with Gasteiger partial charge in [-0.25, -0.2) is 0 Å². The fourth-order valence-corrected chi connectivity index (χ4v) is 12.4. The molecule has 0 saturated heterocycles. The monoisotopic (exact) mass is 1450 g/mol. The highest BCUT2D eigenvalue weighted by Gasteiger charge is 2.44. The molecule has 2 aromatic heterocycles. The Balaban J connectivity index is 1.29. The molecule has 0 spiro atoms. The van der Waals surface area contributed by atoms with Gasteiger partial charge in [0.05, 0.1) is 95.1 Å². The number of aromatic nitrogens is 2. The number of hydrogen-bond acceptors (Lipinski definition) is 2. The van der Waals surface area contributed by atoms with Crippen molar-refractivity contribution in [3.8, 4) is 79.1 Å². The molecule has 0 atom stereocenters. The Labute approximate surface area is 552 Å². The molecule has 102 heavy (non-hydrogen) atoms. The molecule has 12 rings (SSSR count). The summed E-state index contributed by atoms with van der Waals surface area (Å²) in [7, 11) is 0. The standard InChI is InChI=1S/C71H29F27N4/c72-63(73,74)38-5-14-43(37(19-38)30-99)36-24-61(101-57-20-32(44-15-6-39(64(75,76)77)26-53(44)68(87,88)89)1-10-48(57)49-11-2-33(21-58(49)101)45-16-7-40(65(78,79)80)27-54(45)69(90,91)92)52(31-100)62(25-36)102-59-22-34(46-17-8-41(66(81,82)83)28-55(46)70(93,94)95)3-12-50(59)51-13-4-35(23-60(51)102)47-18-9-42(67(84,85)86)29-56(47)71(96,97)98/h1-29H. The van der Waals surface area contributed by atoms with Crippen molar-refractivity contribution in [1.29, 1.82) is 10.5 Å². The van der Waals surface area contributed by atoms with Crippen LogP contribution in [0.5, 0.6) is 0 Å². The van der Waals surface area contributed by atoms with Gasteiger partial charge in [0, 0.05) is 21.5 Å². The lowest BCUT2D eigenvalue weighted by atomic mass is 9.94. The molecule has 31 heteroatoms. The van der Waals surface area contributed by atoms with E-state index < -0.39 is 206 Å². The van der Waals surface area contributed by atoms with E-state index in [0.717, 1.165) is 94.1 Å². The Morgan fingerprint density at radius 1 is 0.225 bits per heavy atom. The minimum absolute atomic E-state index is 0.201. The lowest BCUT2D eigenvalue weighted by Crippen LogP contribution is -2.12. The Morgan fingerprint density at radius 3 is 0.676 bits per heavy atom. The summed E-state index contributed by atoms with van der Waals surface area (Å²) in [5.74, 6) is 0. The van der Waals surface area contributed by atoms with Gasteiger partial charge in [-0.2, -0.15) is 129 Å². The third kappa shape index (κ3) is 12.8. The van der Waals surface area contributed by atoms with E-state index in [0.29, 0.717) is 42.5 Å². The molecule has 0 fully saturated rings. The SMILES string of the molecule is N#Cc1cc(C(F)(F)F)ccc1-c1cc(-n2c3cc(-c4ccc(C(F)(F)F)cc4C(F)(F)F)ccc3c3ccc(-c4ccc(C(F)(F)F)cc4C(F)(F)F)cc32)c(C#N)c(-n2c3cc(-c4ccc(C(F)(F)F)cc4C(F)(F)F)ccc3c3ccc(-c4ccc(C(F)(F)F)cc4C(F)(F)F)cc32)c1. The average molecular weight is 1450 g/mol. The van der Waals surface area contributed by atoms with Crippen molar-refractivity contribution in [2.75, 3.05) is 0 Å². The zero-order valence-corrected chi connectivity index (χ0v) is 49.7. The van der Waals surface area contributed by atoms with Gasteiger partial charge >= 0.3 is 55.6 Å². The van der Waals surface area contributed by atoms with Crippen molar-refractivity contribution in [1.82, 2.24) is 9.13 Å². The molecule has 4 nitrogen and oxygen atoms in total. The van der Waals surface area contributed by atoms with Gasteiger partial charge in [0.2, 0.25) is 0 Å². The second-order valence-electron chi connectivity index (χ2n) is 23.0. The van der Waals surface area contributed by atoms with Crippen molar-refractivity contribution in [3.63, 3.8) is 0 Å². The van der Waals surface area contributed by atoms with Gasteiger partial charge in [-0.3, -0.25) is 0 Å². The van der Waals surface area contributed by atoms with E-state index in [-0.39, 0.29) is 70.1 Å². The minimum atomic E-state index is -5.62. The van der Waals surface area contributed by atoms with Crippen molar-refractivity contribution < 1.29 is 119 Å². The number of halogens is 27. The first kappa shape index (κ1) is 70.7. The van der Waals surface area contributed by atoms with Crippen LogP contribution in [0, 0.1) is 22.7 Å². The van der Waals surface area contributed by atoms with E-state index in [1.54, 1.807) is 6.07 Å². The molecule has 12 aromatic rings. The normalized spacial score (nSPS) is 13.2. The Hall–Kier alpha value is -11.1. The summed E-state index contributed by atoms with van der Waals surface area (Å²) < 4.78 is 396. The molecule has 0 aliphatic heterocycles. The van der Waals surface area contributed by atoms with Crippen LogP contribution in [0.3, 0.4) is 0 Å². The van der Waals surface area contributed by atoms with E-state index in [9.17, 15) is 76.4 Å². The van der Waals surface area contributed by atoms with Crippen molar-refractivity contribution in [2.24, 2.45) is 0 Å². The van der Waals surface area contributed by atoms with Gasteiger partial charge in [0.1, 0.15) is 11.6 Å². The van der Waals surface area contributed by atoms with E-state index in [2.05, 4.69) is 0 Å². The number of alkyl halides is 27. The number of rotatable bonds is 7. The number of benzene rings is 10. The Bertz CT molecular complexity index is 4970. The maximum Gasteiger partial charge on any atom is 0.417 e. The first-order valence-electron chi connectivity index (χ1n) is 28.7. The zero-order valence-electron chi connectivity index (χ0n) is 49.7. The molecule has 0 aliphatic carbocycles. The summed E-state index contributed by atoms with van der Waals surface area (Å²) >= 11 is 0. The maximum atomic E-state index is 15.1. The third-order valence-corrected chi connectivity index (χ3v) is 16.9. The molecule has 0 amide bonds. The second-order valence-corrected chi connectivity index (χ2v) is 23.0. The predicted molar refractivity (Wildman–Crippen MR) is 317 cm³/mol. The van der Waals surface area contributed by atoms with Gasteiger partial charge < -0.3 is 9.13 Å². The molecular weight excluding hydrogens is 1420 g/mol. The first-order chi connectivity index (χ1) is 47.2. The average Bonchev–Trinajstić information content (AvgIpc) is 1.55. The summed E-state index contributed by atoms with van der Waals surface area (Å²) in [6, 6.07) is 19.5. The molecule has 0 N–H and O–H groups in total. The fraction of sp³-hybridized carbons (Fsp3) is 0.127. The van der Waals surface area contributed by atoms with Crippen LogP contribution in [0.1, 0.15) is 61.2 Å². The van der Waals surface area contributed by atoms with Crippen LogP contribution >= 0.6 is 0 Å². The Kier molecular flexibility index (Phi) is 16.5. The molecule has 0 unspecified atom stereocenters. The summed E-state index contributed by atoms with van der Waals surface area (Å²) in [6.45, 7) is 0. The first-order valence-corrected chi connectivity index (χ1v) is 28.7.